The van der Waals surface area contributed by atoms with Gasteiger partial charge < -0.3 is 19.5 Å². The van der Waals surface area contributed by atoms with Crippen molar-refractivity contribution in [3.05, 3.63) is 60.0 Å². The van der Waals surface area contributed by atoms with Gasteiger partial charge in [0.15, 0.2) is 0 Å². The molecule has 52 heavy (non-hydrogen) atoms. The third-order valence-electron chi connectivity index (χ3n) is 12.2. The maximum Gasteiger partial charge on any atom is 0.504 e. The number of nitrogens with zero attached hydrogens (tertiary/aromatic N) is 4. The fourth-order valence-electron chi connectivity index (χ4n) is 8.95. The van der Waals surface area contributed by atoms with Gasteiger partial charge in [-0.1, -0.05) is 12.1 Å². The second-order valence-corrected chi connectivity index (χ2v) is 15.3. The van der Waals surface area contributed by atoms with Crippen molar-refractivity contribution < 1.29 is 37.0 Å². The summed E-state index contributed by atoms with van der Waals surface area (Å²) >= 11 is 0. The standard InChI is InChI=1S/C39H48F3N5O5/c1-26-21-30(5-8-33(26)50-2)38-15-12-37(13-16-38,14-17-38)25-46(34-22-28(9-18-43-34)29-23-44-47(24-29)39(40,41)42)35(48)27-3-6-32(7-4-27)52-36(49)45-31-10-19-51-20-11-31/h5,8-9,18,21-24,27,31-32H,3-4,6-7,10-17,19-20,25H2,1-2H3,(H,45,49). The van der Waals surface area contributed by atoms with E-state index in [4.69, 9.17) is 14.2 Å². The lowest BCUT2D eigenvalue weighted by atomic mass is 9.51. The lowest BCUT2D eigenvalue weighted by Gasteiger charge is -2.55. The fraction of sp³-hybridized carbons (Fsp3) is 0.590. The van der Waals surface area contributed by atoms with Crippen molar-refractivity contribution in [2.75, 3.05) is 31.8 Å². The number of ether oxygens (including phenoxy) is 3. The summed E-state index contributed by atoms with van der Waals surface area (Å²) in [7, 11) is 1.69. The summed E-state index contributed by atoms with van der Waals surface area (Å²) in [6, 6.07) is 9.91. The smallest absolute Gasteiger partial charge is 0.496 e. The summed E-state index contributed by atoms with van der Waals surface area (Å²) in [5, 5.41) is 6.47. The van der Waals surface area contributed by atoms with Crippen LogP contribution in [0.2, 0.25) is 0 Å². The number of pyridine rings is 1. The van der Waals surface area contributed by atoms with Gasteiger partial charge in [0.05, 0.1) is 13.3 Å². The van der Waals surface area contributed by atoms with E-state index in [1.54, 1.807) is 30.3 Å². The van der Waals surface area contributed by atoms with Crippen LogP contribution >= 0.6 is 0 Å². The molecule has 5 aliphatic rings. The van der Waals surface area contributed by atoms with E-state index >= 15 is 0 Å². The molecule has 5 fully saturated rings. The van der Waals surface area contributed by atoms with Crippen LogP contribution in [0, 0.1) is 18.3 Å². The average Bonchev–Trinajstić information content (AvgIpc) is 3.67. The summed E-state index contributed by atoms with van der Waals surface area (Å²) in [6.07, 6.45) is 8.09. The molecule has 0 unspecified atom stereocenters. The van der Waals surface area contributed by atoms with Gasteiger partial charge >= 0.3 is 12.4 Å². The first-order chi connectivity index (χ1) is 25.0. The Morgan fingerprint density at radius 2 is 1.69 bits per heavy atom. The van der Waals surface area contributed by atoms with E-state index < -0.39 is 12.4 Å². The Hall–Kier alpha value is -4.13. The highest BCUT2D eigenvalue weighted by Gasteiger charge is 2.51. The first-order valence-corrected chi connectivity index (χ1v) is 18.6. The fourth-order valence-corrected chi connectivity index (χ4v) is 8.95. The van der Waals surface area contributed by atoms with E-state index in [1.165, 1.54) is 11.8 Å². The second kappa shape index (κ2) is 14.7. The van der Waals surface area contributed by atoms with Crippen LogP contribution in [-0.4, -0.2) is 65.8 Å². The van der Waals surface area contributed by atoms with Crippen LogP contribution in [0.25, 0.3) is 11.1 Å². The number of benzene rings is 1. The average molecular weight is 724 g/mol. The van der Waals surface area contributed by atoms with Crippen LogP contribution in [0.5, 0.6) is 5.75 Å². The molecule has 0 atom stereocenters. The Labute approximate surface area is 302 Å². The molecule has 4 aliphatic carbocycles. The number of amides is 2. The number of hydrogen-bond acceptors (Lipinski definition) is 7. The maximum atomic E-state index is 14.6. The Bertz CT molecular complexity index is 1720. The van der Waals surface area contributed by atoms with E-state index in [0.717, 1.165) is 68.9 Å². The van der Waals surface area contributed by atoms with Gasteiger partial charge in [-0.05, 0) is 130 Å². The van der Waals surface area contributed by atoms with E-state index in [0.29, 0.717) is 56.8 Å². The third kappa shape index (κ3) is 7.65. The highest BCUT2D eigenvalue weighted by atomic mass is 19.4. The summed E-state index contributed by atoms with van der Waals surface area (Å²) in [4.78, 5) is 33.6. The van der Waals surface area contributed by atoms with Gasteiger partial charge in [-0.2, -0.15) is 9.78 Å². The predicted octanol–water partition coefficient (Wildman–Crippen LogP) is 7.83. The number of fused-ring (bicyclic) bond motifs is 3. The number of carbonyl (C=O) groups excluding carboxylic acids is 2. The van der Waals surface area contributed by atoms with Crippen LogP contribution in [0.1, 0.15) is 88.2 Å². The number of alkyl carbamates (subject to hydrolysis) is 1. The molecular weight excluding hydrogens is 675 g/mol. The minimum absolute atomic E-state index is 0.0186. The highest BCUT2D eigenvalue weighted by molar-refractivity contribution is 5.95. The topological polar surface area (TPSA) is 108 Å². The SMILES string of the molecule is COc1ccc(C23CCC(CN(C(=O)C4CCC(OC(=O)NC5CCOCC5)CC4)c4cc(-c5cnn(C(F)(F)F)c5)ccn4)(CC2)CC3)cc1C. The highest BCUT2D eigenvalue weighted by Crippen LogP contribution is 2.58. The van der Waals surface area contributed by atoms with E-state index in [2.05, 4.69) is 40.5 Å². The molecule has 2 amide bonds. The number of methoxy groups -OCH3 is 1. The molecule has 3 heterocycles. The molecule has 280 valence electrons. The Kier molecular flexibility index (Phi) is 10.3. The van der Waals surface area contributed by atoms with Gasteiger partial charge in [0, 0.05) is 49.7 Å². The number of aromatic nitrogens is 3. The minimum Gasteiger partial charge on any atom is -0.496 e. The number of halogens is 3. The third-order valence-corrected chi connectivity index (χ3v) is 12.2. The molecule has 1 N–H and O–H groups in total. The molecule has 3 aromatic rings. The van der Waals surface area contributed by atoms with Crippen LogP contribution in [0.4, 0.5) is 23.8 Å². The number of alkyl halides is 3. The van der Waals surface area contributed by atoms with Gasteiger partial charge in [-0.3, -0.25) is 9.69 Å². The Morgan fingerprint density at radius 3 is 2.33 bits per heavy atom. The van der Waals surface area contributed by atoms with Gasteiger partial charge in [0.1, 0.15) is 17.7 Å². The molecule has 0 radical (unpaired) electrons. The summed E-state index contributed by atoms with van der Waals surface area (Å²) < 4.78 is 56.7. The van der Waals surface area contributed by atoms with Gasteiger partial charge in [0.2, 0.25) is 5.91 Å². The largest absolute Gasteiger partial charge is 0.504 e. The van der Waals surface area contributed by atoms with Crippen molar-refractivity contribution in [3.8, 4) is 16.9 Å². The van der Waals surface area contributed by atoms with Crippen LogP contribution in [0.3, 0.4) is 0 Å². The maximum absolute atomic E-state index is 14.6. The zero-order chi connectivity index (χ0) is 36.5. The minimum atomic E-state index is -4.63. The molecule has 1 saturated heterocycles. The molecule has 1 aromatic carbocycles. The van der Waals surface area contributed by atoms with Gasteiger partial charge in [-0.25, -0.2) is 9.78 Å². The predicted molar refractivity (Wildman–Crippen MR) is 188 cm³/mol. The number of nitrogens with one attached hydrogen (secondary N) is 1. The molecule has 8 rings (SSSR count). The second-order valence-electron chi connectivity index (χ2n) is 15.3. The first kappa shape index (κ1) is 36.2. The van der Waals surface area contributed by atoms with E-state index in [1.807, 2.05) is 0 Å². The lowest BCUT2D eigenvalue weighted by molar-refractivity contribution is -0.212. The van der Waals surface area contributed by atoms with Crippen molar-refractivity contribution in [2.45, 2.75) is 108 Å². The quantitative estimate of drug-likeness (QED) is 0.240. The van der Waals surface area contributed by atoms with Crippen molar-refractivity contribution in [3.63, 3.8) is 0 Å². The van der Waals surface area contributed by atoms with Gasteiger partial charge in [0.25, 0.3) is 0 Å². The molecule has 0 spiro atoms. The molecule has 2 aromatic heterocycles. The van der Waals surface area contributed by atoms with Crippen molar-refractivity contribution in [1.82, 2.24) is 20.1 Å². The number of anilines is 1. The Balaban J connectivity index is 1.08. The summed E-state index contributed by atoms with van der Waals surface area (Å²) in [6.45, 7) is 3.81. The first-order valence-electron chi connectivity index (χ1n) is 18.6. The summed E-state index contributed by atoms with van der Waals surface area (Å²) in [5.74, 6) is 0.985. The van der Waals surface area contributed by atoms with Crippen LogP contribution in [0.15, 0.2) is 48.9 Å². The van der Waals surface area contributed by atoms with Crippen LogP contribution < -0.4 is 15.0 Å². The van der Waals surface area contributed by atoms with E-state index in [-0.39, 0.29) is 45.0 Å². The van der Waals surface area contributed by atoms with E-state index in [9.17, 15) is 22.8 Å². The number of hydrogen-bond donors (Lipinski definition) is 1. The molecule has 13 heteroatoms. The lowest BCUT2D eigenvalue weighted by Crippen LogP contribution is -2.52. The molecule has 10 nitrogen and oxygen atoms in total. The molecule has 4 saturated carbocycles. The molecule has 2 bridgehead atoms. The molecular formula is C39H48F3N5O5. The number of carbonyl (C=O) groups is 2. The van der Waals surface area contributed by atoms with Crippen molar-refractivity contribution in [1.29, 1.82) is 0 Å². The Morgan fingerprint density at radius 1 is 0.981 bits per heavy atom. The normalized spacial score (nSPS) is 26.5. The monoisotopic (exact) mass is 723 g/mol. The van der Waals surface area contributed by atoms with Crippen molar-refractivity contribution in [2.24, 2.45) is 11.3 Å². The summed E-state index contributed by atoms with van der Waals surface area (Å²) in [5.41, 5.74) is 3.27. The zero-order valence-corrected chi connectivity index (χ0v) is 29.9. The van der Waals surface area contributed by atoms with Crippen LogP contribution in [-0.2, 0) is 26.0 Å². The number of rotatable bonds is 9. The number of aryl methyl sites for hydroxylation is 1. The zero-order valence-electron chi connectivity index (χ0n) is 29.9. The molecule has 1 aliphatic heterocycles. The van der Waals surface area contributed by atoms with Gasteiger partial charge in [-0.15, -0.1) is 13.2 Å². The van der Waals surface area contributed by atoms with Crippen molar-refractivity contribution >= 4 is 17.8 Å².